The Kier molecular flexibility index (Phi) is 6.87. The van der Waals surface area contributed by atoms with Crippen LogP contribution in [-0.2, 0) is 4.79 Å². The van der Waals surface area contributed by atoms with Gasteiger partial charge in [-0.2, -0.15) is 0 Å². The minimum atomic E-state index is -0.278. The van der Waals surface area contributed by atoms with Gasteiger partial charge in [0.2, 0.25) is 5.91 Å². The van der Waals surface area contributed by atoms with Crippen LogP contribution in [0.3, 0.4) is 0 Å². The number of likely N-dealkylation sites (tertiary alicyclic amines) is 1. The van der Waals surface area contributed by atoms with Crippen molar-refractivity contribution in [2.45, 2.75) is 32.2 Å². The van der Waals surface area contributed by atoms with Gasteiger partial charge in [0.1, 0.15) is 5.75 Å². The fourth-order valence-electron chi connectivity index (χ4n) is 3.51. The molecule has 1 atom stereocenters. The number of hydrogen-bond acceptors (Lipinski definition) is 5. The normalized spacial score (nSPS) is 16.3. The van der Waals surface area contributed by atoms with Gasteiger partial charge in [-0.15, -0.1) is 0 Å². The lowest BCUT2D eigenvalue weighted by Gasteiger charge is -2.21. The van der Waals surface area contributed by atoms with Gasteiger partial charge in [-0.3, -0.25) is 14.6 Å². The second-order valence-electron chi connectivity index (χ2n) is 7.10. The van der Waals surface area contributed by atoms with Gasteiger partial charge in [-0.1, -0.05) is 0 Å². The lowest BCUT2D eigenvalue weighted by Crippen LogP contribution is -2.41. The van der Waals surface area contributed by atoms with Crippen molar-refractivity contribution < 1.29 is 14.3 Å². The molecule has 0 aliphatic carbocycles. The molecule has 7 nitrogen and oxygen atoms in total. The van der Waals surface area contributed by atoms with E-state index in [1.165, 1.54) is 0 Å². The molecule has 2 aromatic rings. The largest absolute Gasteiger partial charge is 0.494 e. The summed E-state index contributed by atoms with van der Waals surface area (Å²) in [4.78, 5) is 31.2. The molecule has 1 fully saturated rings. The van der Waals surface area contributed by atoms with E-state index < -0.39 is 0 Å². The SMILES string of the molecule is BNCCCOc1ccc2nccc(C(=O)NCC(=O)N3CCC[C@H]3C)c2c1. The monoisotopic (exact) mass is 382 g/mol. The van der Waals surface area contributed by atoms with Crippen LogP contribution < -0.4 is 15.3 Å². The Hall–Kier alpha value is -2.61. The second kappa shape index (κ2) is 9.55. The Labute approximate surface area is 166 Å². The van der Waals surface area contributed by atoms with Gasteiger partial charge in [0, 0.05) is 24.2 Å². The molecule has 1 aromatic heterocycles. The highest BCUT2D eigenvalue weighted by molar-refractivity contribution is 6.07. The van der Waals surface area contributed by atoms with Gasteiger partial charge in [0.15, 0.2) is 7.98 Å². The fourth-order valence-corrected chi connectivity index (χ4v) is 3.51. The van der Waals surface area contributed by atoms with E-state index in [2.05, 4.69) is 15.5 Å². The summed E-state index contributed by atoms with van der Waals surface area (Å²) in [7, 11) is 1.90. The minimum Gasteiger partial charge on any atom is -0.494 e. The summed E-state index contributed by atoms with van der Waals surface area (Å²) in [5, 5.41) is 6.56. The van der Waals surface area contributed by atoms with Crippen molar-refractivity contribution in [1.29, 1.82) is 0 Å². The Balaban J connectivity index is 1.68. The van der Waals surface area contributed by atoms with E-state index in [0.717, 1.165) is 37.9 Å². The third-order valence-corrected chi connectivity index (χ3v) is 5.07. The summed E-state index contributed by atoms with van der Waals surface area (Å²) in [5.74, 6) is 0.387. The van der Waals surface area contributed by atoms with E-state index in [1.807, 2.05) is 38.0 Å². The summed E-state index contributed by atoms with van der Waals surface area (Å²) in [5.41, 5.74) is 1.21. The summed E-state index contributed by atoms with van der Waals surface area (Å²) in [6, 6.07) is 7.45. The number of aromatic nitrogens is 1. The molecule has 1 saturated heterocycles. The first-order valence-electron chi connectivity index (χ1n) is 9.84. The van der Waals surface area contributed by atoms with Crippen molar-refractivity contribution >= 4 is 30.7 Å². The van der Waals surface area contributed by atoms with E-state index in [1.54, 1.807) is 12.3 Å². The van der Waals surface area contributed by atoms with Crippen LogP contribution in [0, 0.1) is 0 Å². The van der Waals surface area contributed by atoms with E-state index in [4.69, 9.17) is 4.74 Å². The molecule has 1 aliphatic heterocycles. The fraction of sp³-hybridized carbons (Fsp3) is 0.450. The van der Waals surface area contributed by atoms with E-state index in [0.29, 0.717) is 23.3 Å². The zero-order valence-electron chi connectivity index (χ0n) is 16.5. The topological polar surface area (TPSA) is 83.6 Å². The zero-order chi connectivity index (χ0) is 19.9. The molecule has 2 amide bonds. The molecule has 28 heavy (non-hydrogen) atoms. The van der Waals surface area contributed by atoms with Gasteiger partial charge < -0.3 is 20.2 Å². The van der Waals surface area contributed by atoms with Gasteiger partial charge in [0.05, 0.1) is 24.2 Å². The third kappa shape index (κ3) is 4.81. The number of fused-ring (bicyclic) bond motifs is 1. The smallest absolute Gasteiger partial charge is 0.252 e. The van der Waals surface area contributed by atoms with Crippen LogP contribution in [0.5, 0.6) is 5.75 Å². The predicted octanol–water partition coefficient (Wildman–Crippen LogP) is 0.882. The molecular formula is C20H27BN4O3. The summed E-state index contributed by atoms with van der Waals surface area (Å²) < 4.78 is 5.77. The highest BCUT2D eigenvalue weighted by Crippen LogP contribution is 2.23. The number of nitrogens with zero attached hydrogens (tertiary/aromatic N) is 2. The maximum atomic E-state index is 12.7. The molecule has 2 N–H and O–H groups in total. The maximum absolute atomic E-state index is 12.7. The quantitative estimate of drug-likeness (QED) is 0.523. The molecule has 1 aromatic carbocycles. The van der Waals surface area contributed by atoms with Crippen LogP contribution >= 0.6 is 0 Å². The molecule has 0 radical (unpaired) electrons. The van der Waals surface area contributed by atoms with E-state index in [-0.39, 0.29) is 24.4 Å². The summed E-state index contributed by atoms with van der Waals surface area (Å²) in [6.45, 7) is 4.29. The number of carbonyl (C=O) groups excluding carboxylic acids is 2. The number of rotatable bonds is 8. The zero-order valence-corrected chi connectivity index (χ0v) is 16.5. The van der Waals surface area contributed by atoms with Crippen LogP contribution in [0.25, 0.3) is 10.9 Å². The Morgan fingerprint density at radius 3 is 2.96 bits per heavy atom. The van der Waals surface area contributed by atoms with Gasteiger partial charge >= 0.3 is 0 Å². The van der Waals surface area contributed by atoms with Crippen molar-refractivity contribution in [3.8, 4) is 5.75 Å². The standard InChI is InChI=1S/C20H27BN4O3/c1-14-4-2-10-25(14)19(26)13-23-20(27)16-7-9-22-18-6-5-15(12-17(16)18)28-11-3-8-24-21/h5-7,9,12,14,24H,2-4,8,10-11,13,21H2,1H3,(H,23,27)/t14-/m1/s1. The molecule has 0 spiro atoms. The Morgan fingerprint density at radius 2 is 2.21 bits per heavy atom. The summed E-state index contributed by atoms with van der Waals surface area (Å²) in [6.07, 6.45) is 4.54. The highest BCUT2D eigenvalue weighted by atomic mass is 16.5. The molecule has 0 unspecified atom stereocenters. The van der Waals surface area contributed by atoms with E-state index >= 15 is 0 Å². The van der Waals surface area contributed by atoms with Crippen molar-refractivity contribution in [1.82, 2.24) is 20.4 Å². The average molecular weight is 382 g/mol. The number of benzene rings is 1. The van der Waals surface area contributed by atoms with Crippen molar-refractivity contribution in [3.63, 3.8) is 0 Å². The lowest BCUT2D eigenvalue weighted by molar-refractivity contribution is -0.130. The van der Waals surface area contributed by atoms with Crippen LogP contribution in [0.15, 0.2) is 30.5 Å². The Morgan fingerprint density at radius 1 is 1.36 bits per heavy atom. The van der Waals surface area contributed by atoms with Gasteiger partial charge in [-0.05, 0) is 57.0 Å². The minimum absolute atomic E-state index is 0.00714. The van der Waals surface area contributed by atoms with Crippen LogP contribution in [0.1, 0.15) is 36.5 Å². The molecule has 3 rings (SSSR count). The second-order valence-corrected chi connectivity index (χ2v) is 7.10. The number of carbonyl (C=O) groups is 2. The molecule has 8 heteroatoms. The number of amides is 2. The molecule has 0 saturated carbocycles. The lowest BCUT2D eigenvalue weighted by atomic mass is 10.1. The van der Waals surface area contributed by atoms with Crippen LogP contribution in [0.2, 0.25) is 0 Å². The van der Waals surface area contributed by atoms with Crippen molar-refractivity contribution in [2.24, 2.45) is 0 Å². The van der Waals surface area contributed by atoms with Gasteiger partial charge in [-0.25, -0.2) is 0 Å². The number of nitrogens with one attached hydrogen (secondary N) is 2. The molecular weight excluding hydrogens is 355 g/mol. The highest BCUT2D eigenvalue weighted by Gasteiger charge is 2.25. The van der Waals surface area contributed by atoms with Crippen molar-refractivity contribution in [3.05, 3.63) is 36.0 Å². The molecule has 1 aliphatic rings. The molecule has 148 valence electrons. The van der Waals surface area contributed by atoms with E-state index in [9.17, 15) is 9.59 Å². The first-order valence-corrected chi connectivity index (χ1v) is 9.84. The predicted molar refractivity (Wildman–Crippen MR) is 111 cm³/mol. The Bertz CT molecular complexity index is 845. The summed E-state index contributed by atoms with van der Waals surface area (Å²) >= 11 is 0. The van der Waals surface area contributed by atoms with Crippen LogP contribution in [0.4, 0.5) is 0 Å². The maximum Gasteiger partial charge on any atom is 0.252 e. The number of ether oxygens (including phenoxy) is 1. The molecule has 0 bridgehead atoms. The number of hydrogen-bond donors (Lipinski definition) is 2. The first kappa shape index (κ1) is 20.1. The number of pyridine rings is 1. The first-order chi connectivity index (χ1) is 13.6. The average Bonchev–Trinajstić information content (AvgIpc) is 3.14. The van der Waals surface area contributed by atoms with Crippen molar-refractivity contribution in [2.75, 3.05) is 26.2 Å². The van der Waals surface area contributed by atoms with Gasteiger partial charge in [0.25, 0.3) is 5.91 Å². The molecule has 2 heterocycles. The van der Waals surface area contributed by atoms with Crippen LogP contribution in [-0.4, -0.2) is 62.0 Å². The third-order valence-electron chi connectivity index (χ3n) is 5.07.